The molecule has 2 saturated heterocycles. The van der Waals surface area contributed by atoms with Crippen molar-refractivity contribution in [1.82, 2.24) is 10.1 Å². The normalized spacial score (nSPS) is 29.8. The number of likely N-dealkylation sites (tertiary alicyclic amines) is 1. The predicted octanol–water partition coefficient (Wildman–Crippen LogP) is 1.72. The van der Waals surface area contributed by atoms with Crippen LogP contribution in [-0.2, 0) is 16.1 Å². The Kier molecular flexibility index (Phi) is 3.75. The van der Waals surface area contributed by atoms with Gasteiger partial charge in [0.2, 0.25) is 0 Å². The van der Waals surface area contributed by atoms with E-state index in [1.165, 1.54) is 0 Å². The maximum atomic E-state index is 11.7. The molecule has 0 radical (unpaired) electrons. The Morgan fingerprint density at radius 3 is 3.05 bits per heavy atom. The Balaban J connectivity index is 1.71. The third-order valence-electron chi connectivity index (χ3n) is 4.74. The summed E-state index contributed by atoms with van der Waals surface area (Å²) in [5, 5.41) is 13.7. The Bertz CT molecular complexity index is 527. The van der Waals surface area contributed by atoms with Crippen molar-refractivity contribution >= 4 is 5.97 Å². The number of hydrogen-bond acceptors (Lipinski definition) is 5. The molecular weight excluding hydrogens is 272 g/mol. The first-order valence-corrected chi connectivity index (χ1v) is 7.50. The Morgan fingerprint density at radius 2 is 2.43 bits per heavy atom. The van der Waals surface area contributed by atoms with Crippen LogP contribution < -0.4 is 0 Å². The number of carbonyl (C=O) groups is 1. The van der Waals surface area contributed by atoms with E-state index in [0.717, 1.165) is 18.0 Å². The SMILES string of the molecule is CC(C)c1cc(CN2C[C@@H]3COCC[C@]3(C(=O)O)C2)no1. The molecule has 0 spiro atoms. The zero-order valence-electron chi connectivity index (χ0n) is 12.5. The van der Waals surface area contributed by atoms with E-state index >= 15 is 0 Å². The molecule has 0 bridgehead atoms. The quantitative estimate of drug-likeness (QED) is 0.911. The summed E-state index contributed by atoms with van der Waals surface area (Å²) in [5.74, 6) is 0.561. The van der Waals surface area contributed by atoms with E-state index < -0.39 is 11.4 Å². The summed E-state index contributed by atoms with van der Waals surface area (Å²) in [6.07, 6.45) is 0.597. The molecular formula is C15H22N2O4. The minimum Gasteiger partial charge on any atom is -0.481 e. The van der Waals surface area contributed by atoms with Crippen molar-refractivity contribution in [3.05, 3.63) is 17.5 Å². The van der Waals surface area contributed by atoms with Gasteiger partial charge in [0.15, 0.2) is 0 Å². The molecule has 0 aromatic carbocycles. The second-order valence-corrected chi connectivity index (χ2v) is 6.53. The summed E-state index contributed by atoms with van der Waals surface area (Å²) in [4.78, 5) is 13.9. The minimum absolute atomic E-state index is 0.0696. The van der Waals surface area contributed by atoms with E-state index in [1.807, 2.05) is 6.07 Å². The standard InChI is InChI=1S/C15H22N2O4/c1-10(2)13-5-12(16-21-13)7-17-6-11-8-20-4-3-15(11,9-17)14(18)19/h5,10-11H,3-4,6-9H2,1-2H3,(H,18,19)/t11-,15+/m1/s1. The van der Waals surface area contributed by atoms with Crippen molar-refractivity contribution in [1.29, 1.82) is 0 Å². The lowest BCUT2D eigenvalue weighted by Gasteiger charge is -2.34. The van der Waals surface area contributed by atoms with Crippen molar-refractivity contribution in [2.75, 3.05) is 26.3 Å². The van der Waals surface area contributed by atoms with Crippen LogP contribution in [0.25, 0.3) is 0 Å². The lowest BCUT2D eigenvalue weighted by Crippen LogP contribution is -2.44. The number of nitrogens with zero attached hydrogens (tertiary/aromatic N) is 2. The molecule has 116 valence electrons. The third kappa shape index (κ3) is 2.58. The molecule has 0 saturated carbocycles. The number of carboxylic acids is 1. The van der Waals surface area contributed by atoms with Gasteiger partial charge in [0.05, 0.1) is 17.7 Å². The molecule has 0 amide bonds. The van der Waals surface area contributed by atoms with Crippen molar-refractivity contribution in [2.45, 2.75) is 32.7 Å². The average Bonchev–Trinajstić information content (AvgIpc) is 3.03. The zero-order valence-corrected chi connectivity index (χ0v) is 12.5. The molecule has 2 aliphatic rings. The van der Waals surface area contributed by atoms with E-state index in [9.17, 15) is 9.90 Å². The molecule has 0 aliphatic carbocycles. The number of rotatable bonds is 4. The van der Waals surface area contributed by atoms with E-state index in [0.29, 0.717) is 38.6 Å². The molecule has 2 aliphatic heterocycles. The van der Waals surface area contributed by atoms with Gasteiger partial charge in [0, 0.05) is 44.1 Å². The van der Waals surface area contributed by atoms with Crippen molar-refractivity contribution in [3.8, 4) is 0 Å². The van der Waals surface area contributed by atoms with Crippen LogP contribution in [0.1, 0.15) is 37.6 Å². The summed E-state index contributed by atoms with van der Waals surface area (Å²) in [6, 6.07) is 1.97. The smallest absolute Gasteiger partial charge is 0.311 e. The summed E-state index contributed by atoms with van der Waals surface area (Å²) in [5.41, 5.74) is 0.224. The van der Waals surface area contributed by atoms with Crippen molar-refractivity contribution < 1.29 is 19.2 Å². The van der Waals surface area contributed by atoms with Crippen LogP contribution in [0.3, 0.4) is 0 Å². The summed E-state index contributed by atoms with van der Waals surface area (Å²) in [6.45, 7) is 7.16. The second-order valence-electron chi connectivity index (χ2n) is 6.53. The maximum Gasteiger partial charge on any atom is 0.311 e. The van der Waals surface area contributed by atoms with Gasteiger partial charge in [-0.15, -0.1) is 0 Å². The van der Waals surface area contributed by atoms with Crippen LogP contribution in [0.4, 0.5) is 0 Å². The van der Waals surface area contributed by atoms with E-state index in [1.54, 1.807) is 0 Å². The highest BCUT2D eigenvalue weighted by Gasteiger charge is 2.53. The molecule has 6 heteroatoms. The highest BCUT2D eigenvalue weighted by atomic mass is 16.5. The molecule has 6 nitrogen and oxygen atoms in total. The highest BCUT2D eigenvalue weighted by molar-refractivity contribution is 5.76. The number of ether oxygens (including phenoxy) is 1. The molecule has 21 heavy (non-hydrogen) atoms. The number of aromatic nitrogens is 1. The predicted molar refractivity (Wildman–Crippen MR) is 74.9 cm³/mol. The Hall–Kier alpha value is -1.40. The van der Waals surface area contributed by atoms with Gasteiger partial charge in [-0.2, -0.15) is 0 Å². The van der Waals surface area contributed by atoms with Gasteiger partial charge >= 0.3 is 5.97 Å². The fourth-order valence-corrected chi connectivity index (χ4v) is 3.43. The first-order chi connectivity index (χ1) is 10.0. The van der Waals surface area contributed by atoms with Gasteiger partial charge < -0.3 is 14.4 Å². The van der Waals surface area contributed by atoms with Gasteiger partial charge in [0.25, 0.3) is 0 Å². The fourth-order valence-electron chi connectivity index (χ4n) is 3.43. The number of fused-ring (bicyclic) bond motifs is 1. The summed E-state index contributed by atoms with van der Waals surface area (Å²) in [7, 11) is 0. The van der Waals surface area contributed by atoms with Crippen LogP contribution in [0, 0.1) is 11.3 Å². The first kappa shape index (κ1) is 14.5. The zero-order chi connectivity index (χ0) is 15.0. The van der Waals surface area contributed by atoms with Crippen LogP contribution >= 0.6 is 0 Å². The first-order valence-electron chi connectivity index (χ1n) is 7.50. The van der Waals surface area contributed by atoms with Crippen molar-refractivity contribution in [3.63, 3.8) is 0 Å². The summed E-state index contributed by atoms with van der Waals surface area (Å²) < 4.78 is 10.8. The maximum absolute atomic E-state index is 11.7. The minimum atomic E-state index is -0.693. The number of carboxylic acid groups (broad SMARTS) is 1. The topological polar surface area (TPSA) is 75.8 Å². The Labute approximate surface area is 124 Å². The number of aliphatic carboxylic acids is 1. The fraction of sp³-hybridized carbons (Fsp3) is 0.733. The van der Waals surface area contributed by atoms with E-state index in [2.05, 4.69) is 23.9 Å². The van der Waals surface area contributed by atoms with Crippen molar-refractivity contribution in [2.24, 2.45) is 11.3 Å². The van der Waals surface area contributed by atoms with Crippen LogP contribution in [0.15, 0.2) is 10.6 Å². The van der Waals surface area contributed by atoms with Crippen LogP contribution in [0.2, 0.25) is 0 Å². The molecule has 2 atom stereocenters. The van der Waals surface area contributed by atoms with E-state index in [4.69, 9.17) is 9.26 Å². The third-order valence-corrected chi connectivity index (χ3v) is 4.74. The molecule has 0 unspecified atom stereocenters. The van der Waals surface area contributed by atoms with Crippen LogP contribution in [0.5, 0.6) is 0 Å². The molecule has 3 rings (SSSR count). The highest BCUT2D eigenvalue weighted by Crippen LogP contribution is 2.42. The van der Waals surface area contributed by atoms with Crippen LogP contribution in [-0.4, -0.2) is 47.4 Å². The van der Waals surface area contributed by atoms with Gasteiger partial charge in [-0.1, -0.05) is 19.0 Å². The van der Waals surface area contributed by atoms with Gasteiger partial charge in [-0.25, -0.2) is 0 Å². The van der Waals surface area contributed by atoms with E-state index in [-0.39, 0.29) is 5.92 Å². The lowest BCUT2D eigenvalue weighted by molar-refractivity contribution is -0.157. The molecule has 1 aromatic heterocycles. The lowest BCUT2D eigenvalue weighted by atomic mass is 9.74. The second kappa shape index (κ2) is 5.42. The molecule has 2 fully saturated rings. The number of hydrogen-bond donors (Lipinski definition) is 1. The van der Waals surface area contributed by atoms with Gasteiger partial charge in [0.1, 0.15) is 5.76 Å². The largest absolute Gasteiger partial charge is 0.481 e. The van der Waals surface area contributed by atoms with Gasteiger partial charge in [-0.3, -0.25) is 9.69 Å². The average molecular weight is 294 g/mol. The monoisotopic (exact) mass is 294 g/mol. The van der Waals surface area contributed by atoms with Gasteiger partial charge in [-0.05, 0) is 6.42 Å². The summed E-state index contributed by atoms with van der Waals surface area (Å²) >= 11 is 0. The Morgan fingerprint density at radius 1 is 1.62 bits per heavy atom. The molecule has 3 heterocycles. The molecule has 1 N–H and O–H groups in total. The molecule has 1 aromatic rings.